The molecule has 6 rings (SSSR count). The minimum absolute atomic E-state index is 0.00988. The quantitative estimate of drug-likeness (QED) is 0.478. The monoisotopic (exact) mass is 451 g/mol. The van der Waals surface area contributed by atoms with Gasteiger partial charge in [-0.1, -0.05) is 32.4 Å². The van der Waals surface area contributed by atoms with Crippen LogP contribution in [-0.2, 0) is 4.79 Å². The Bertz CT molecular complexity index is 947. The smallest absolute Gasteiger partial charge is 0.315 e. The Balaban J connectivity index is 1.13. The van der Waals surface area contributed by atoms with Gasteiger partial charge in [-0.15, -0.1) is 0 Å². The molecule has 4 bridgehead atoms. The van der Waals surface area contributed by atoms with Crippen LogP contribution in [0.5, 0.6) is 0 Å². The number of amides is 3. The van der Waals surface area contributed by atoms with Crippen LogP contribution in [0.1, 0.15) is 77.1 Å². The second kappa shape index (κ2) is 8.99. The summed E-state index contributed by atoms with van der Waals surface area (Å²) >= 11 is 0. The summed E-state index contributed by atoms with van der Waals surface area (Å²) in [6.07, 6.45) is 8.61. The molecule has 1 heterocycles. The number of nitrogens with one attached hydrogen (secondary N) is 4. The highest BCUT2D eigenvalue weighted by Gasteiger charge is 2.51. The summed E-state index contributed by atoms with van der Waals surface area (Å²) in [7, 11) is 0. The predicted molar refractivity (Wildman–Crippen MR) is 128 cm³/mol. The van der Waals surface area contributed by atoms with Crippen LogP contribution in [0.4, 0.5) is 4.79 Å². The fourth-order valence-electron chi connectivity index (χ4n) is 6.92. The minimum Gasteiger partial charge on any atom is -0.346 e. The lowest BCUT2D eigenvalue weighted by atomic mass is 9.53. The number of aromatic nitrogens is 2. The second-order valence-corrected chi connectivity index (χ2v) is 10.9. The Hall–Kier alpha value is -2.57. The van der Waals surface area contributed by atoms with E-state index in [9.17, 15) is 9.59 Å². The van der Waals surface area contributed by atoms with E-state index in [0.29, 0.717) is 6.54 Å². The van der Waals surface area contributed by atoms with E-state index in [1.807, 2.05) is 24.3 Å². The highest BCUT2D eigenvalue weighted by atomic mass is 16.2. The average Bonchev–Trinajstić information content (AvgIpc) is 3.19. The van der Waals surface area contributed by atoms with Gasteiger partial charge >= 0.3 is 6.03 Å². The molecule has 4 N–H and O–H groups in total. The summed E-state index contributed by atoms with van der Waals surface area (Å²) in [4.78, 5) is 33.4. The summed E-state index contributed by atoms with van der Waals surface area (Å²) in [5.74, 6) is 3.32. The molecule has 0 saturated heterocycles. The van der Waals surface area contributed by atoms with Gasteiger partial charge in [0.2, 0.25) is 5.91 Å². The average molecular weight is 452 g/mol. The van der Waals surface area contributed by atoms with E-state index < -0.39 is 0 Å². The number of hydrogen-bond acceptors (Lipinski definition) is 3. The van der Waals surface area contributed by atoms with Gasteiger partial charge in [0.25, 0.3) is 0 Å². The van der Waals surface area contributed by atoms with Crippen molar-refractivity contribution >= 4 is 23.0 Å². The zero-order chi connectivity index (χ0) is 23.0. The first-order chi connectivity index (χ1) is 15.9. The maximum atomic E-state index is 12.7. The van der Waals surface area contributed by atoms with Gasteiger partial charge in [-0.25, -0.2) is 9.78 Å². The molecule has 7 heteroatoms. The van der Waals surface area contributed by atoms with Gasteiger partial charge in [-0.3, -0.25) is 4.79 Å². The SMILES string of the molecule is CCC(C)C(NC(=O)CCNC(=O)NC12CC3CC(CC(C3)C1)C2)c1nc2ccccc2[nH]1. The summed E-state index contributed by atoms with van der Waals surface area (Å²) in [5, 5.41) is 9.38. The third-order valence-corrected chi connectivity index (χ3v) is 8.29. The number of benzene rings is 1. The number of imidazole rings is 1. The van der Waals surface area contributed by atoms with Gasteiger partial charge in [0, 0.05) is 18.5 Å². The van der Waals surface area contributed by atoms with Crippen LogP contribution in [0.2, 0.25) is 0 Å². The normalized spacial score (nSPS) is 29.6. The molecular formula is C26H37N5O2. The number of carbonyl (C=O) groups excluding carboxylic acids is 2. The molecule has 0 aliphatic heterocycles. The third-order valence-electron chi connectivity index (χ3n) is 8.29. The Morgan fingerprint density at radius 1 is 1.12 bits per heavy atom. The fraction of sp³-hybridized carbons (Fsp3) is 0.654. The van der Waals surface area contributed by atoms with Crippen molar-refractivity contribution in [3.63, 3.8) is 0 Å². The predicted octanol–water partition coefficient (Wildman–Crippen LogP) is 4.42. The summed E-state index contributed by atoms with van der Waals surface area (Å²) in [5.41, 5.74) is 1.86. The van der Waals surface area contributed by atoms with E-state index in [-0.39, 0.29) is 35.9 Å². The van der Waals surface area contributed by atoms with Crippen LogP contribution in [0.25, 0.3) is 11.0 Å². The van der Waals surface area contributed by atoms with Crippen LogP contribution < -0.4 is 16.0 Å². The van der Waals surface area contributed by atoms with Gasteiger partial charge in [0.15, 0.2) is 0 Å². The molecular weight excluding hydrogens is 414 g/mol. The summed E-state index contributed by atoms with van der Waals surface area (Å²) < 4.78 is 0. The van der Waals surface area contributed by atoms with Crippen molar-refractivity contribution in [2.24, 2.45) is 23.7 Å². The van der Waals surface area contributed by atoms with Gasteiger partial charge in [0.05, 0.1) is 17.1 Å². The van der Waals surface area contributed by atoms with E-state index in [1.165, 1.54) is 19.3 Å². The Kier molecular flexibility index (Phi) is 6.06. The first kappa shape index (κ1) is 22.2. The van der Waals surface area contributed by atoms with Crippen molar-refractivity contribution in [3.8, 4) is 0 Å². The molecule has 4 aliphatic rings. The van der Waals surface area contributed by atoms with Crippen LogP contribution in [0.15, 0.2) is 24.3 Å². The van der Waals surface area contributed by atoms with Gasteiger partial charge in [-0.2, -0.15) is 0 Å². The van der Waals surface area contributed by atoms with Crippen LogP contribution in [-0.4, -0.2) is 34.0 Å². The number of hydrogen-bond donors (Lipinski definition) is 4. The van der Waals surface area contributed by atoms with E-state index in [1.54, 1.807) is 0 Å². The molecule has 33 heavy (non-hydrogen) atoms. The molecule has 4 aliphatic carbocycles. The van der Waals surface area contributed by atoms with Gasteiger partial charge in [-0.05, 0) is 74.3 Å². The second-order valence-electron chi connectivity index (χ2n) is 10.9. The topological polar surface area (TPSA) is 98.9 Å². The summed E-state index contributed by atoms with van der Waals surface area (Å²) in [6, 6.07) is 7.59. The zero-order valence-electron chi connectivity index (χ0n) is 19.8. The van der Waals surface area contributed by atoms with Crippen molar-refractivity contribution in [3.05, 3.63) is 30.1 Å². The zero-order valence-corrected chi connectivity index (χ0v) is 19.8. The molecule has 2 unspecified atom stereocenters. The van der Waals surface area contributed by atoms with E-state index in [2.05, 4.69) is 34.8 Å². The van der Waals surface area contributed by atoms with Crippen molar-refractivity contribution in [1.82, 2.24) is 25.9 Å². The van der Waals surface area contributed by atoms with E-state index >= 15 is 0 Å². The summed E-state index contributed by atoms with van der Waals surface area (Å²) in [6.45, 7) is 4.56. The molecule has 4 saturated carbocycles. The van der Waals surface area contributed by atoms with Crippen molar-refractivity contribution < 1.29 is 9.59 Å². The molecule has 2 atom stereocenters. The third kappa shape index (κ3) is 4.73. The lowest BCUT2D eigenvalue weighted by molar-refractivity contribution is -0.122. The highest BCUT2D eigenvalue weighted by Crippen LogP contribution is 2.55. The van der Waals surface area contributed by atoms with Gasteiger partial charge in [0.1, 0.15) is 5.82 Å². The molecule has 4 fully saturated rings. The number of urea groups is 1. The molecule has 178 valence electrons. The lowest BCUT2D eigenvalue weighted by Gasteiger charge is -2.56. The number of rotatable bonds is 8. The van der Waals surface area contributed by atoms with Crippen molar-refractivity contribution in [2.75, 3.05) is 6.54 Å². The van der Waals surface area contributed by atoms with E-state index in [4.69, 9.17) is 4.98 Å². The Morgan fingerprint density at radius 3 is 2.42 bits per heavy atom. The molecule has 1 aromatic heterocycles. The van der Waals surface area contributed by atoms with Crippen LogP contribution in [0, 0.1) is 23.7 Å². The number of para-hydroxylation sites is 2. The van der Waals surface area contributed by atoms with Gasteiger partial charge < -0.3 is 20.9 Å². The number of nitrogens with zero attached hydrogens (tertiary/aromatic N) is 1. The lowest BCUT2D eigenvalue weighted by Crippen LogP contribution is -2.61. The fourth-order valence-corrected chi connectivity index (χ4v) is 6.92. The maximum Gasteiger partial charge on any atom is 0.315 e. The van der Waals surface area contributed by atoms with Crippen molar-refractivity contribution in [1.29, 1.82) is 0 Å². The number of fused-ring (bicyclic) bond motifs is 1. The van der Waals surface area contributed by atoms with Crippen LogP contribution >= 0.6 is 0 Å². The molecule has 3 amide bonds. The molecule has 0 spiro atoms. The molecule has 1 aromatic carbocycles. The number of H-pyrrole nitrogens is 1. The first-order valence-electron chi connectivity index (χ1n) is 12.7. The maximum absolute atomic E-state index is 12.7. The Labute approximate surface area is 195 Å². The largest absolute Gasteiger partial charge is 0.346 e. The standard InChI is InChI=1S/C26H37N5O2/c1-3-16(2)23(24-28-20-6-4-5-7-21(20)29-24)30-22(32)8-9-27-25(33)31-26-13-17-10-18(14-26)12-19(11-17)15-26/h4-7,16-19,23H,3,8-15H2,1-2H3,(H,28,29)(H,30,32)(H2,27,31,33). The number of carbonyl (C=O) groups is 2. The first-order valence-corrected chi connectivity index (χ1v) is 12.7. The highest BCUT2D eigenvalue weighted by molar-refractivity contribution is 5.79. The number of aromatic amines is 1. The molecule has 2 aromatic rings. The molecule has 0 radical (unpaired) electrons. The molecule has 7 nitrogen and oxygen atoms in total. The van der Waals surface area contributed by atoms with E-state index in [0.717, 1.165) is 60.3 Å². The Morgan fingerprint density at radius 2 is 1.79 bits per heavy atom. The van der Waals surface area contributed by atoms with Crippen molar-refractivity contribution in [2.45, 2.75) is 76.8 Å². The minimum atomic E-state index is -0.184. The van der Waals surface area contributed by atoms with Crippen LogP contribution in [0.3, 0.4) is 0 Å².